The lowest BCUT2D eigenvalue weighted by Crippen LogP contribution is -1.92. The number of nitrogens with zero attached hydrogens (tertiary/aromatic N) is 1. The number of aromatic nitrogens is 1. The Morgan fingerprint density at radius 1 is 0.593 bits per heavy atom. The van der Waals surface area contributed by atoms with Gasteiger partial charge in [0.05, 0.1) is 11.0 Å². The highest BCUT2D eigenvalue weighted by Crippen LogP contribution is 2.38. The second-order valence-electron chi connectivity index (χ2n) is 6.80. The van der Waals surface area contributed by atoms with Gasteiger partial charge in [-0.25, -0.2) is 0 Å². The molecule has 2 nitrogen and oxygen atoms in total. The molecule has 0 unspecified atom stereocenters. The maximum atomic E-state index is 6.13. The van der Waals surface area contributed by atoms with Gasteiger partial charge in [-0.15, -0.1) is 0 Å². The van der Waals surface area contributed by atoms with Gasteiger partial charge >= 0.3 is 0 Å². The Morgan fingerprint density at radius 3 is 2.26 bits per heavy atom. The van der Waals surface area contributed by atoms with Crippen LogP contribution in [0.5, 0.6) is 0 Å². The molecule has 0 amide bonds. The molecule has 0 fully saturated rings. The van der Waals surface area contributed by atoms with E-state index in [-0.39, 0.29) is 0 Å². The Hall–Kier alpha value is -3.04. The van der Waals surface area contributed by atoms with Gasteiger partial charge in [0.2, 0.25) is 0 Å². The maximum Gasteiger partial charge on any atom is 0.136 e. The van der Waals surface area contributed by atoms with Crippen LogP contribution in [0, 0.1) is 0 Å². The molecule has 0 bridgehead atoms. The standard InChI is InChI=1S/C24H14BrNO/c25-15-10-11-21-18(12-15)19-14-24-20(17-8-4-5-9-23(17)27-24)13-22(19)26(21)16-6-2-1-3-7-16/h1-14H. The SMILES string of the molecule is Brc1ccc2c(c1)c1cc3oc4ccccc4c3cc1n2-c1ccccc1. The summed E-state index contributed by atoms with van der Waals surface area (Å²) in [7, 11) is 0. The third kappa shape index (κ3) is 2.12. The molecule has 0 saturated carbocycles. The van der Waals surface area contributed by atoms with Crippen molar-refractivity contribution >= 4 is 59.7 Å². The van der Waals surface area contributed by atoms with E-state index in [2.05, 4.69) is 93.3 Å². The van der Waals surface area contributed by atoms with Gasteiger partial charge < -0.3 is 8.98 Å². The second-order valence-corrected chi connectivity index (χ2v) is 7.71. The minimum absolute atomic E-state index is 0.927. The zero-order valence-corrected chi connectivity index (χ0v) is 15.9. The van der Waals surface area contributed by atoms with Crippen LogP contribution in [0.15, 0.2) is 93.8 Å². The fourth-order valence-electron chi connectivity index (χ4n) is 4.06. The molecule has 6 rings (SSSR count). The van der Waals surface area contributed by atoms with Gasteiger partial charge in [-0.2, -0.15) is 0 Å². The lowest BCUT2D eigenvalue weighted by molar-refractivity contribution is 0.669. The van der Waals surface area contributed by atoms with E-state index in [1.54, 1.807) is 0 Å². The Morgan fingerprint density at radius 2 is 1.37 bits per heavy atom. The fraction of sp³-hybridized carbons (Fsp3) is 0. The number of para-hydroxylation sites is 2. The summed E-state index contributed by atoms with van der Waals surface area (Å²) >= 11 is 3.63. The summed E-state index contributed by atoms with van der Waals surface area (Å²) in [6.07, 6.45) is 0. The average Bonchev–Trinajstić information content (AvgIpc) is 3.22. The quantitative estimate of drug-likeness (QED) is 0.274. The van der Waals surface area contributed by atoms with Gasteiger partial charge in [-0.1, -0.05) is 52.3 Å². The molecule has 0 spiro atoms. The topological polar surface area (TPSA) is 18.1 Å². The van der Waals surface area contributed by atoms with Crippen molar-refractivity contribution in [2.45, 2.75) is 0 Å². The first-order chi connectivity index (χ1) is 13.3. The van der Waals surface area contributed by atoms with E-state index in [0.717, 1.165) is 32.1 Å². The normalized spacial score (nSPS) is 11.9. The average molecular weight is 412 g/mol. The van der Waals surface area contributed by atoms with Crippen molar-refractivity contribution in [1.29, 1.82) is 0 Å². The highest BCUT2D eigenvalue weighted by Gasteiger charge is 2.16. The number of hydrogen-bond acceptors (Lipinski definition) is 1. The van der Waals surface area contributed by atoms with Crippen molar-refractivity contribution in [3.63, 3.8) is 0 Å². The van der Waals surface area contributed by atoms with Crippen LogP contribution in [0.25, 0.3) is 49.4 Å². The molecule has 2 heterocycles. The molecule has 0 atom stereocenters. The van der Waals surface area contributed by atoms with Crippen molar-refractivity contribution in [1.82, 2.24) is 4.57 Å². The molecule has 6 aromatic rings. The van der Waals surface area contributed by atoms with E-state index in [0.29, 0.717) is 0 Å². The van der Waals surface area contributed by atoms with E-state index in [9.17, 15) is 0 Å². The minimum Gasteiger partial charge on any atom is -0.456 e. The van der Waals surface area contributed by atoms with Crippen LogP contribution < -0.4 is 0 Å². The summed E-state index contributed by atoms with van der Waals surface area (Å²) in [5, 5.41) is 4.71. The van der Waals surface area contributed by atoms with Crippen LogP contribution >= 0.6 is 15.9 Å². The Labute approximate surface area is 163 Å². The summed E-state index contributed by atoms with van der Waals surface area (Å²) in [6.45, 7) is 0. The molecular formula is C24H14BrNO. The zero-order valence-electron chi connectivity index (χ0n) is 14.3. The Balaban J connectivity index is 1.86. The van der Waals surface area contributed by atoms with Crippen molar-refractivity contribution in [2.24, 2.45) is 0 Å². The summed E-state index contributed by atoms with van der Waals surface area (Å²) in [6, 6.07) is 29.6. The van der Waals surface area contributed by atoms with E-state index in [1.807, 2.05) is 12.1 Å². The summed E-state index contributed by atoms with van der Waals surface area (Å²) < 4.78 is 9.54. The smallest absolute Gasteiger partial charge is 0.136 e. The molecule has 2 aromatic heterocycles. The summed E-state index contributed by atoms with van der Waals surface area (Å²) in [5.74, 6) is 0. The zero-order chi connectivity index (χ0) is 18.0. The van der Waals surface area contributed by atoms with E-state index >= 15 is 0 Å². The van der Waals surface area contributed by atoms with Gasteiger partial charge in [0.25, 0.3) is 0 Å². The lowest BCUT2D eigenvalue weighted by Gasteiger charge is -2.07. The first-order valence-corrected chi connectivity index (χ1v) is 9.69. The first kappa shape index (κ1) is 15.1. The Bertz CT molecular complexity index is 1470. The lowest BCUT2D eigenvalue weighted by atomic mass is 10.1. The number of fused-ring (bicyclic) bond motifs is 6. The van der Waals surface area contributed by atoms with Crippen LogP contribution in [0.4, 0.5) is 0 Å². The van der Waals surface area contributed by atoms with Crippen molar-refractivity contribution in [2.75, 3.05) is 0 Å². The third-order valence-corrected chi connectivity index (χ3v) is 5.73. The molecule has 0 N–H and O–H groups in total. The molecule has 3 heteroatoms. The first-order valence-electron chi connectivity index (χ1n) is 8.90. The number of benzene rings is 4. The van der Waals surface area contributed by atoms with Gasteiger partial charge in [-0.05, 0) is 48.5 Å². The Kier molecular flexibility index (Phi) is 3.06. The molecule has 0 aliphatic rings. The predicted octanol–water partition coefficient (Wildman–Crippen LogP) is 7.45. The molecule has 0 radical (unpaired) electrons. The van der Waals surface area contributed by atoms with Gasteiger partial charge in [-0.3, -0.25) is 0 Å². The van der Waals surface area contributed by atoms with Crippen LogP contribution in [0.3, 0.4) is 0 Å². The monoisotopic (exact) mass is 411 g/mol. The number of hydrogen-bond donors (Lipinski definition) is 0. The van der Waals surface area contributed by atoms with E-state index in [1.165, 1.54) is 21.8 Å². The molecule has 4 aromatic carbocycles. The highest BCUT2D eigenvalue weighted by molar-refractivity contribution is 9.10. The number of rotatable bonds is 1. The van der Waals surface area contributed by atoms with E-state index in [4.69, 9.17) is 4.42 Å². The molecule has 0 aliphatic heterocycles. The van der Waals surface area contributed by atoms with Crippen LogP contribution in [-0.2, 0) is 0 Å². The van der Waals surface area contributed by atoms with Gasteiger partial charge in [0.1, 0.15) is 11.2 Å². The van der Waals surface area contributed by atoms with Crippen LogP contribution in [0.1, 0.15) is 0 Å². The fourth-order valence-corrected chi connectivity index (χ4v) is 4.43. The minimum atomic E-state index is 0.927. The third-order valence-electron chi connectivity index (χ3n) is 5.24. The predicted molar refractivity (Wildman–Crippen MR) is 116 cm³/mol. The summed E-state index contributed by atoms with van der Waals surface area (Å²) in [4.78, 5) is 0. The molecule has 128 valence electrons. The number of furan rings is 1. The molecule has 0 saturated heterocycles. The van der Waals surface area contributed by atoms with Crippen molar-refractivity contribution in [3.8, 4) is 5.69 Å². The molecule has 0 aliphatic carbocycles. The number of halogens is 1. The van der Waals surface area contributed by atoms with Crippen LogP contribution in [-0.4, -0.2) is 4.57 Å². The van der Waals surface area contributed by atoms with Crippen LogP contribution in [0.2, 0.25) is 0 Å². The second kappa shape index (κ2) is 5.48. The maximum absolute atomic E-state index is 6.13. The highest BCUT2D eigenvalue weighted by atomic mass is 79.9. The van der Waals surface area contributed by atoms with E-state index < -0.39 is 0 Å². The molecule has 27 heavy (non-hydrogen) atoms. The molecular weight excluding hydrogens is 398 g/mol. The van der Waals surface area contributed by atoms with Crippen molar-refractivity contribution < 1.29 is 4.42 Å². The van der Waals surface area contributed by atoms with Crippen molar-refractivity contribution in [3.05, 3.63) is 89.4 Å². The van der Waals surface area contributed by atoms with Gasteiger partial charge in [0, 0.05) is 31.7 Å². The van der Waals surface area contributed by atoms with Gasteiger partial charge in [0.15, 0.2) is 0 Å². The largest absolute Gasteiger partial charge is 0.456 e. The summed E-state index contributed by atoms with van der Waals surface area (Å²) in [5.41, 5.74) is 5.39.